The summed E-state index contributed by atoms with van der Waals surface area (Å²) in [7, 11) is 0. The molecule has 3 aliphatic rings. The second-order valence-electron chi connectivity index (χ2n) is 19.6. The van der Waals surface area contributed by atoms with Crippen molar-refractivity contribution in [2.24, 2.45) is 0 Å². The number of hydrogen-bond donors (Lipinski definition) is 0. The molecular formula is C67H50O. The van der Waals surface area contributed by atoms with Crippen LogP contribution in [0.3, 0.4) is 0 Å². The Morgan fingerprint density at radius 2 is 1.04 bits per heavy atom. The largest absolute Gasteiger partial charge is 0.455 e. The lowest BCUT2D eigenvalue weighted by atomic mass is 9.70. The molecule has 9 aromatic carbocycles. The first-order valence-electron chi connectivity index (χ1n) is 24.0. The molecule has 1 unspecified atom stereocenters. The molecule has 1 nitrogen and oxygen atoms in total. The topological polar surface area (TPSA) is 13.1 Å². The number of hydrogen-bond acceptors (Lipinski definition) is 1. The third-order valence-corrected chi connectivity index (χ3v) is 15.9. The first-order chi connectivity index (χ1) is 33.3. The van der Waals surface area contributed by atoms with Crippen molar-refractivity contribution in [2.45, 2.75) is 43.9 Å². The maximum absolute atomic E-state index is 7.02. The second-order valence-corrected chi connectivity index (χ2v) is 19.6. The van der Waals surface area contributed by atoms with E-state index in [1.54, 1.807) is 0 Å². The highest BCUT2D eigenvalue weighted by atomic mass is 16.3. The Kier molecular flexibility index (Phi) is 9.05. The van der Waals surface area contributed by atoms with Crippen molar-refractivity contribution < 1.29 is 4.42 Å². The van der Waals surface area contributed by atoms with Crippen molar-refractivity contribution in [2.75, 3.05) is 0 Å². The molecule has 68 heavy (non-hydrogen) atoms. The van der Waals surface area contributed by atoms with Crippen molar-refractivity contribution >= 4 is 27.5 Å². The minimum atomic E-state index is -0.407. The minimum absolute atomic E-state index is 0.0216. The Morgan fingerprint density at radius 3 is 1.72 bits per heavy atom. The van der Waals surface area contributed by atoms with Crippen molar-refractivity contribution in [3.63, 3.8) is 0 Å². The van der Waals surface area contributed by atoms with Crippen LogP contribution in [0.15, 0.2) is 241 Å². The molecule has 10 aromatic rings. The molecule has 1 heteroatoms. The summed E-state index contributed by atoms with van der Waals surface area (Å²) in [6.45, 7) is 11.8. The molecule has 13 rings (SSSR count). The van der Waals surface area contributed by atoms with Crippen LogP contribution in [0.1, 0.15) is 71.2 Å². The number of fused-ring (bicyclic) bond motifs is 14. The predicted octanol–water partition coefficient (Wildman–Crippen LogP) is 17.5. The highest BCUT2D eigenvalue weighted by molar-refractivity contribution is 6.12. The van der Waals surface area contributed by atoms with Crippen LogP contribution >= 0.6 is 0 Å². The molecule has 0 N–H and O–H groups in total. The number of benzene rings is 9. The smallest absolute Gasteiger partial charge is 0.143 e. The summed E-state index contributed by atoms with van der Waals surface area (Å²) in [6, 6.07) is 76.0. The van der Waals surface area contributed by atoms with Gasteiger partial charge in [0.05, 0.1) is 5.41 Å². The molecule has 3 aliphatic carbocycles. The Morgan fingerprint density at radius 1 is 0.500 bits per heavy atom. The number of allylic oxidation sites excluding steroid dienone is 5. The first-order valence-corrected chi connectivity index (χ1v) is 24.0. The molecule has 324 valence electrons. The summed E-state index contributed by atoms with van der Waals surface area (Å²) in [4.78, 5) is 0. The van der Waals surface area contributed by atoms with Gasteiger partial charge in [-0.3, -0.25) is 0 Å². The maximum Gasteiger partial charge on any atom is 0.143 e. The van der Waals surface area contributed by atoms with Gasteiger partial charge in [0.2, 0.25) is 0 Å². The summed E-state index contributed by atoms with van der Waals surface area (Å²) in [6.07, 6.45) is 5.41. The number of furan rings is 1. The summed E-state index contributed by atoms with van der Waals surface area (Å²) >= 11 is 0. The van der Waals surface area contributed by atoms with Crippen LogP contribution in [0.2, 0.25) is 0 Å². The van der Waals surface area contributed by atoms with Gasteiger partial charge in [0.25, 0.3) is 0 Å². The van der Waals surface area contributed by atoms with Crippen LogP contribution < -0.4 is 0 Å². The van der Waals surface area contributed by atoms with E-state index in [1.807, 2.05) is 0 Å². The maximum atomic E-state index is 7.02. The van der Waals surface area contributed by atoms with Crippen LogP contribution in [0.4, 0.5) is 0 Å². The molecule has 1 atom stereocenters. The van der Waals surface area contributed by atoms with E-state index in [9.17, 15) is 0 Å². The minimum Gasteiger partial charge on any atom is -0.455 e. The van der Waals surface area contributed by atoms with Gasteiger partial charge < -0.3 is 4.42 Å². The first kappa shape index (κ1) is 40.3. The number of rotatable bonds is 8. The van der Waals surface area contributed by atoms with E-state index in [-0.39, 0.29) is 11.3 Å². The Hall–Kier alpha value is -8.00. The summed E-state index contributed by atoms with van der Waals surface area (Å²) < 4.78 is 7.02. The van der Waals surface area contributed by atoms with Crippen LogP contribution in [0.5, 0.6) is 0 Å². The Bertz CT molecular complexity index is 3710. The van der Waals surface area contributed by atoms with E-state index in [4.69, 9.17) is 11.0 Å². The SMILES string of the molecule is C=C(C=CC1=C(C)C(C)(C)c2ccccc21)C(Cc1ccccc1-c1ccccc1)c1ccc(-c2cccc3c2oc2cc4c(cc23)C2(c3ccccc3-c3ccccc32)c2ccccc2-4)cc1. The van der Waals surface area contributed by atoms with Gasteiger partial charge in [0.15, 0.2) is 0 Å². The molecule has 1 heterocycles. The summed E-state index contributed by atoms with van der Waals surface area (Å²) in [5, 5.41) is 2.27. The molecule has 0 radical (unpaired) electrons. The zero-order chi connectivity index (χ0) is 45.7. The van der Waals surface area contributed by atoms with E-state index in [0.717, 1.165) is 45.1 Å². The Balaban J connectivity index is 0.909. The lowest BCUT2D eigenvalue weighted by Gasteiger charge is -2.30. The van der Waals surface area contributed by atoms with Crippen LogP contribution in [-0.4, -0.2) is 0 Å². The molecular weight excluding hydrogens is 821 g/mol. The molecule has 0 bridgehead atoms. The van der Waals surface area contributed by atoms with Crippen LogP contribution in [0, 0.1) is 0 Å². The van der Waals surface area contributed by atoms with Gasteiger partial charge in [-0.05, 0) is 120 Å². The van der Waals surface area contributed by atoms with Crippen LogP contribution in [-0.2, 0) is 17.3 Å². The van der Waals surface area contributed by atoms with Gasteiger partial charge in [0, 0.05) is 27.7 Å². The van der Waals surface area contributed by atoms with Gasteiger partial charge in [-0.15, -0.1) is 0 Å². The normalized spacial score (nSPS) is 15.2. The highest BCUT2D eigenvalue weighted by Gasteiger charge is 2.51. The number of para-hydroxylation sites is 1. The van der Waals surface area contributed by atoms with E-state index in [1.165, 1.54) is 89.0 Å². The Labute approximate surface area is 399 Å². The quantitative estimate of drug-likeness (QED) is 0.139. The third-order valence-electron chi connectivity index (χ3n) is 15.9. The van der Waals surface area contributed by atoms with Gasteiger partial charge >= 0.3 is 0 Å². The fourth-order valence-corrected chi connectivity index (χ4v) is 12.3. The molecule has 0 fully saturated rings. The molecule has 0 saturated heterocycles. The average Bonchev–Trinajstić information content (AvgIpc) is 4.06. The summed E-state index contributed by atoms with van der Waals surface area (Å²) in [5.74, 6) is 0.0427. The summed E-state index contributed by atoms with van der Waals surface area (Å²) in [5.41, 5.74) is 25.6. The predicted molar refractivity (Wildman–Crippen MR) is 284 cm³/mol. The van der Waals surface area contributed by atoms with Gasteiger partial charge in [-0.2, -0.15) is 0 Å². The molecule has 1 aromatic heterocycles. The van der Waals surface area contributed by atoms with Gasteiger partial charge in [-0.1, -0.05) is 232 Å². The standard InChI is InChI=1S/C67H50O/c1-42(33-38-48-43(2)66(3,4)59-29-14-10-23-51(48)59)56(39-47-21-8-9-22-49(47)44-19-6-5-7-20-44)46-36-34-45(35-37-46)50-27-18-28-55-58-40-63-57(41-64(58)68-65(50)55)54-26-13-17-32-62(54)67(63)60-30-15-11-24-52(60)53-25-12-16-31-61(53)67/h5-38,40-41,56H,1,39H2,2-4H3. The van der Waals surface area contributed by atoms with Crippen LogP contribution in [0.25, 0.3) is 72.0 Å². The van der Waals surface area contributed by atoms with Crippen molar-refractivity contribution in [3.8, 4) is 44.5 Å². The second kappa shape index (κ2) is 15.3. The van der Waals surface area contributed by atoms with E-state index in [0.29, 0.717) is 0 Å². The lowest BCUT2D eigenvalue weighted by Crippen LogP contribution is -2.25. The molecule has 0 amide bonds. The van der Waals surface area contributed by atoms with E-state index < -0.39 is 5.41 Å². The van der Waals surface area contributed by atoms with Crippen molar-refractivity contribution in [1.29, 1.82) is 0 Å². The molecule has 1 spiro atoms. The highest BCUT2D eigenvalue weighted by Crippen LogP contribution is 2.63. The van der Waals surface area contributed by atoms with Crippen molar-refractivity contribution in [1.82, 2.24) is 0 Å². The van der Waals surface area contributed by atoms with E-state index >= 15 is 0 Å². The zero-order valence-electron chi connectivity index (χ0n) is 38.7. The van der Waals surface area contributed by atoms with Crippen molar-refractivity contribution in [3.05, 3.63) is 281 Å². The monoisotopic (exact) mass is 870 g/mol. The van der Waals surface area contributed by atoms with Gasteiger partial charge in [0.1, 0.15) is 11.2 Å². The fourth-order valence-electron chi connectivity index (χ4n) is 12.3. The van der Waals surface area contributed by atoms with E-state index in [2.05, 4.69) is 239 Å². The van der Waals surface area contributed by atoms with Gasteiger partial charge in [-0.25, -0.2) is 0 Å². The fraction of sp³-hybridized carbons (Fsp3) is 0.104. The lowest BCUT2D eigenvalue weighted by molar-refractivity contribution is 0.639. The molecule has 0 aliphatic heterocycles. The molecule has 0 saturated carbocycles. The third kappa shape index (κ3) is 5.82. The zero-order valence-corrected chi connectivity index (χ0v) is 38.7. The average molecular weight is 871 g/mol.